The third kappa shape index (κ3) is 2.88. The van der Waals surface area contributed by atoms with E-state index < -0.39 is 23.3 Å². The van der Waals surface area contributed by atoms with E-state index in [9.17, 15) is 18.3 Å². The summed E-state index contributed by atoms with van der Waals surface area (Å²) in [6.45, 7) is 6.06. The van der Waals surface area contributed by atoms with Gasteiger partial charge < -0.3 is 5.11 Å². The molecule has 0 heterocycles. The topological polar surface area (TPSA) is 20.2 Å². The van der Waals surface area contributed by atoms with Crippen LogP contribution in [0.3, 0.4) is 0 Å². The molecule has 1 rings (SSSR count). The van der Waals surface area contributed by atoms with Crippen LogP contribution in [0.1, 0.15) is 19.4 Å². The van der Waals surface area contributed by atoms with Crippen LogP contribution in [0.25, 0.3) is 0 Å². The molecule has 1 atom stereocenters. The normalized spacial score (nSPS) is 14.5. The van der Waals surface area contributed by atoms with Crippen LogP contribution < -0.4 is 0 Å². The molecule has 0 spiro atoms. The van der Waals surface area contributed by atoms with Gasteiger partial charge in [-0.25, -0.2) is 0 Å². The van der Waals surface area contributed by atoms with Crippen LogP contribution in [0.2, 0.25) is 0 Å². The lowest BCUT2D eigenvalue weighted by molar-refractivity contribution is -0.110. The maximum absolute atomic E-state index is 12.5. The van der Waals surface area contributed by atoms with Gasteiger partial charge in [0, 0.05) is 5.41 Å². The van der Waals surface area contributed by atoms with Gasteiger partial charge in [-0.2, -0.15) is 13.2 Å². The van der Waals surface area contributed by atoms with E-state index in [0.717, 1.165) is 0 Å². The first kappa shape index (κ1) is 13.8. The lowest BCUT2D eigenvalue weighted by Gasteiger charge is -2.33. The van der Waals surface area contributed by atoms with E-state index in [0.29, 0.717) is 5.56 Å². The quantitative estimate of drug-likeness (QED) is 0.807. The van der Waals surface area contributed by atoms with Crippen molar-refractivity contribution in [1.82, 2.24) is 0 Å². The van der Waals surface area contributed by atoms with E-state index in [-0.39, 0.29) is 0 Å². The Hall–Kier alpha value is -1.29. The van der Waals surface area contributed by atoms with Crippen molar-refractivity contribution in [3.05, 3.63) is 48.0 Å². The first-order chi connectivity index (χ1) is 7.67. The highest BCUT2D eigenvalue weighted by Gasteiger charge is 2.43. The average Bonchev–Trinajstić information content (AvgIpc) is 2.27. The molecule has 1 aromatic rings. The molecule has 94 valence electrons. The van der Waals surface area contributed by atoms with Crippen LogP contribution in [0, 0.1) is 0 Å². The van der Waals surface area contributed by atoms with E-state index in [1.807, 2.05) is 0 Å². The van der Waals surface area contributed by atoms with Crippen molar-refractivity contribution in [1.29, 1.82) is 0 Å². The van der Waals surface area contributed by atoms with Crippen molar-refractivity contribution in [3.63, 3.8) is 0 Å². The Morgan fingerprint density at radius 3 is 2.06 bits per heavy atom. The summed E-state index contributed by atoms with van der Waals surface area (Å²) in [5.41, 5.74) is -1.52. The third-order valence-electron chi connectivity index (χ3n) is 2.90. The predicted octanol–water partition coefficient (Wildman–Crippen LogP) is 3.44. The molecule has 0 aromatic heterocycles. The zero-order valence-corrected chi connectivity index (χ0v) is 9.75. The Bertz CT molecular complexity index is 393. The van der Waals surface area contributed by atoms with E-state index in [2.05, 4.69) is 6.58 Å². The Morgan fingerprint density at radius 2 is 1.65 bits per heavy atom. The summed E-state index contributed by atoms with van der Waals surface area (Å²) in [4.78, 5) is 0. The van der Waals surface area contributed by atoms with Gasteiger partial charge >= 0.3 is 6.18 Å². The fraction of sp³-hybridized carbons (Fsp3) is 0.385. The minimum atomic E-state index is -4.58. The maximum Gasteiger partial charge on any atom is 0.414 e. The molecule has 0 radical (unpaired) electrons. The van der Waals surface area contributed by atoms with Crippen LogP contribution in [0.4, 0.5) is 13.2 Å². The number of hydrogen-bond acceptors (Lipinski definition) is 1. The molecule has 0 fully saturated rings. The minimum absolute atomic E-state index is 0.637. The molecule has 17 heavy (non-hydrogen) atoms. The molecule has 0 saturated carbocycles. The van der Waals surface area contributed by atoms with Crippen molar-refractivity contribution in [3.8, 4) is 0 Å². The standard InChI is InChI=1S/C13H15F3O/c1-9(13(14,15)16)11(17)12(2,3)10-7-5-4-6-8-10/h4-8,11,17H,1H2,2-3H3. The molecule has 0 bridgehead atoms. The number of benzene rings is 1. The number of halogens is 3. The van der Waals surface area contributed by atoms with Crippen molar-refractivity contribution in [2.75, 3.05) is 0 Å². The fourth-order valence-corrected chi connectivity index (χ4v) is 1.62. The van der Waals surface area contributed by atoms with Crippen molar-refractivity contribution >= 4 is 0 Å². The number of aliphatic hydroxyl groups excluding tert-OH is 1. The molecule has 0 aliphatic carbocycles. The molecule has 1 N–H and O–H groups in total. The molecule has 0 aliphatic heterocycles. The first-order valence-corrected chi connectivity index (χ1v) is 5.17. The van der Waals surface area contributed by atoms with Crippen LogP contribution >= 0.6 is 0 Å². The summed E-state index contributed by atoms with van der Waals surface area (Å²) in [7, 11) is 0. The second-order valence-electron chi connectivity index (χ2n) is 4.51. The van der Waals surface area contributed by atoms with Gasteiger partial charge in [0.25, 0.3) is 0 Å². The lowest BCUT2D eigenvalue weighted by atomic mass is 9.76. The molecule has 0 amide bonds. The van der Waals surface area contributed by atoms with E-state index in [4.69, 9.17) is 0 Å². The van der Waals surface area contributed by atoms with Crippen molar-refractivity contribution < 1.29 is 18.3 Å². The number of rotatable bonds is 3. The molecule has 0 saturated heterocycles. The minimum Gasteiger partial charge on any atom is -0.388 e. The first-order valence-electron chi connectivity index (χ1n) is 5.17. The molecule has 4 heteroatoms. The van der Waals surface area contributed by atoms with Crippen molar-refractivity contribution in [2.45, 2.75) is 31.5 Å². The SMILES string of the molecule is C=C(C(O)C(C)(C)c1ccccc1)C(F)(F)F. The molecule has 0 aliphatic rings. The highest BCUT2D eigenvalue weighted by molar-refractivity contribution is 5.30. The second kappa shape index (κ2) is 4.53. The van der Waals surface area contributed by atoms with Crippen molar-refractivity contribution in [2.24, 2.45) is 0 Å². The third-order valence-corrected chi connectivity index (χ3v) is 2.90. The number of alkyl halides is 3. The summed E-state index contributed by atoms with van der Waals surface area (Å²) in [6, 6.07) is 8.59. The van der Waals surface area contributed by atoms with Gasteiger partial charge in [0.15, 0.2) is 0 Å². The van der Waals surface area contributed by atoms with Gasteiger partial charge in [-0.15, -0.1) is 0 Å². The summed E-state index contributed by atoms with van der Waals surface area (Å²) < 4.78 is 37.5. The van der Waals surface area contributed by atoms with E-state index >= 15 is 0 Å². The van der Waals surface area contributed by atoms with Crippen LogP contribution in [-0.4, -0.2) is 17.4 Å². The summed E-state index contributed by atoms with van der Waals surface area (Å²) in [5.74, 6) is 0. The summed E-state index contributed by atoms with van der Waals surface area (Å²) in [6.07, 6.45) is -6.24. The van der Waals surface area contributed by atoms with Gasteiger partial charge in [0.2, 0.25) is 0 Å². The Kier molecular flexibility index (Phi) is 3.67. The maximum atomic E-state index is 12.5. The Morgan fingerprint density at radius 1 is 1.18 bits per heavy atom. The molecule has 1 unspecified atom stereocenters. The smallest absolute Gasteiger partial charge is 0.388 e. The van der Waals surface area contributed by atoms with Gasteiger partial charge in [0.05, 0.1) is 11.7 Å². The largest absolute Gasteiger partial charge is 0.414 e. The summed E-state index contributed by atoms with van der Waals surface area (Å²) >= 11 is 0. The Labute approximate surface area is 98.6 Å². The Balaban J connectivity index is 3.03. The van der Waals surface area contributed by atoms with Gasteiger partial charge in [-0.1, -0.05) is 50.8 Å². The zero-order valence-electron chi connectivity index (χ0n) is 9.75. The van der Waals surface area contributed by atoms with E-state index in [1.54, 1.807) is 44.2 Å². The fourth-order valence-electron chi connectivity index (χ4n) is 1.62. The van der Waals surface area contributed by atoms with Gasteiger partial charge in [-0.3, -0.25) is 0 Å². The summed E-state index contributed by atoms with van der Waals surface area (Å²) in [5, 5.41) is 9.81. The average molecular weight is 244 g/mol. The zero-order chi connectivity index (χ0) is 13.3. The number of hydrogen-bond donors (Lipinski definition) is 1. The lowest BCUT2D eigenvalue weighted by Crippen LogP contribution is -2.39. The van der Waals surface area contributed by atoms with Crippen LogP contribution in [0.15, 0.2) is 42.5 Å². The highest BCUT2D eigenvalue weighted by Crippen LogP contribution is 2.36. The highest BCUT2D eigenvalue weighted by atomic mass is 19.4. The van der Waals surface area contributed by atoms with Gasteiger partial charge in [-0.05, 0) is 5.56 Å². The van der Waals surface area contributed by atoms with Gasteiger partial charge in [0.1, 0.15) is 0 Å². The monoisotopic (exact) mass is 244 g/mol. The van der Waals surface area contributed by atoms with E-state index in [1.165, 1.54) is 0 Å². The van der Waals surface area contributed by atoms with Crippen LogP contribution in [-0.2, 0) is 5.41 Å². The number of aliphatic hydroxyl groups is 1. The second-order valence-corrected chi connectivity index (χ2v) is 4.51. The molecule has 1 nitrogen and oxygen atoms in total. The predicted molar refractivity (Wildman–Crippen MR) is 60.7 cm³/mol. The molecular weight excluding hydrogens is 229 g/mol. The molecule has 1 aromatic carbocycles. The molecular formula is C13H15F3O. The van der Waals surface area contributed by atoms with Crippen LogP contribution in [0.5, 0.6) is 0 Å².